The Morgan fingerprint density at radius 1 is 0.430 bits per heavy atom. The molecule has 802 valence electrons. The zero-order valence-electron chi connectivity index (χ0n) is 77.0. The number of hydrogen-bond acceptors (Lipinski definition) is 40. The Labute approximate surface area is 805 Å². The summed E-state index contributed by atoms with van der Waals surface area (Å²) in [6.45, 7) is -1.46. The normalized spacial score (nSPS) is 24.3. The molecule has 0 aliphatic carbocycles. The molecule has 3 aromatic rings. The molecule has 16 N–H and O–H groups in total. The van der Waals surface area contributed by atoms with E-state index in [9.17, 15) is 113 Å². The van der Waals surface area contributed by atoms with E-state index in [1.54, 1.807) is 46.3 Å². The lowest BCUT2D eigenvalue weighted by atomic mass is 9.88. The Bertz CT molecular complexity index is 4160. The molecule has 1 aromatic heterocycles. The van der Waals surface area contributed by atoms with Crippen LogP contribution < -0.4 is 47.3 Å². The predicted molar refractivity (Wildman–Crippen MR) is 458 cm³/mol. The molecule has 0 radical (unpaired) electrons. The summed E-state index contributed by atoms with van der Waals surface area (Å²) in [6, 6.07) is 6.91. The van der Waals surface area contributed by atoms with E-state index in [1.165, 1.54) is 12.3 Å². The number of pyridine rings is 1. The number of aromatic hydroxyl groups is 1. The van der Waals surface area contributed by atoms with Gasteiger partial charge in [0.05, 0.1) is 236 Å². The Hall–Kier alpha value is -8.90. The third-order valence-electron chi connectivity index (χ3n) is 22.0. The summed E-state index contributed by atoms with van der Waals surface area (Å²) in [6.07, 6.45) is -30.3. The van der Waals surface area contributed by atoms with Gasteiger partial charge in [0.15, 0.2) is 30.4 Å². The van der Waals surface area contributed by atoms with Crippen molar-refractivity contribution in [3.63, 3.8) is 0 Å². The molecule has 6 fully saturated rings. The molecule has 47 nitrogen and oxygen atoms in total. The van der Waals surface area contributed by atoms with Crippen molar-refractivity contribution in [2.24, 2.45) is 5.11 Å². The summed E-state index contributed by atoms with van der Waals surface area (Å²) in [7, 11) is 0. The Kier molecular flexibility index (Phi) is 48.0. The van der Waals surface area contributed by atoms with E-state index in [0.29, 0.717) is 22.3 Å². The molecule has 6 aliphatic heterocycles. The van der Waals surface area contributed by atoms with Crippen LogP contribution in [-0.2, 0) is 133 Å². The second kappa shape index (κ2) is 58.4. The minimum atomic E-state index is -5.26. The summed E-state index contributed by atoms with van der Waals surface area (Å²) >= 11 is 0. The zero-order chi connectivity index (χ0) is 103. The lowest BCUT2D eigenvalue weighted by molar-refractivity contribution is -0.240. The second-order valence-electron chi connectivity index (χ2n) is 32.8. The first-order valence-corrected chi connectivity index (χ1v) is 45.1. The van der Waals surface area contributed by atoms with E-state index >= 15 is 0 Å². The number of alkyl halides is 9. The highest BCUT2D eigenvalue weighted by molar-refractivity contribution is 5.84. The molecular formula is C85H121F10N11O36. The number of halogens is 10. The molecule has 0 saturated carbocycles. The number of nitrogens with zero attached hydrogens (tertiary/aromatic N) is 2. The third-order valence-corrected chi connectivity index (χ3v) is 22.0. The average molecular weight is 2060 g/mol. The highest BCUT2D eigenvalue weighted by Gasteiger charge is 2.64. The Morgan fingerprint density at radius 3 is 1.13 bits per heavy atom. The van der Waals surface area contributed by atoms with Crippen LogP contribution >= 0.6 is 0 Å². The minimum Gasteiger partial charge on any atom is -0.505 e. The number of ether oxygens (including phenoxy) is 22. The SMILES string of the molecule is N=N/C(=C\Nc1ccc(O)c(F)c1)c1ccc2cc(OCCCC(=O)NC(COCCC(=O)NCCOCCOCCOCCOC[C@@]34CO[C@@H](O3)[C@H](NC(=O)C(F)(F)F)[C@@H](O)[C@H]4O)(COCCC(=O)NCCOCCOCCOCCOC[C@@]34CO[C@@H](O3)[C@H](NC(=O)C(F)(F)F)[C@@H](O)[C@H]4O)COCCC(=O)NCCOCCOCCOCCOC[C@@]34CO[C@@H](O3)[C@H](NC(=O)C(F)(F)F)[C@@H](O)[C@H]4O)ccc2n1. The maximum absolute atomic E-state index is 14.2. The molecule has 15 atom stereocenters. The van der Waals surface area contributed by atoms with Crippen LogP contribution in [0.1, 0.15) is 37.8 Å². The molecule has 9 rings (SSSR count). The molecular weight excluding hydrogens is 1940 g/mol. The maximum Gasteiger partial charge on any atom is 0.471 e. The maximum atomic E-state index is 14.2. The molecule has 142 heavy (non-hydrogen) atoms. The number of benzene rings is 2. The van der Waals surface area contributed by atoms with Crippen LogP contribution in [0.3, 0.4) is 0 Å². The number of amides is 7. The number of carbonyl (C=O) groups excluding carboxylic acids is 7. The van der Waals surface area contributed by atoms with E-state index in [-0.39, 0.29) is 288 Å². The summed E-state index contributed by atoms with van der Waals surface area (Å²) in [4.78, 5) is 92.6. The van der Waals surface area contributed by atoms with Gasteiger partial charge in [-0.2, -0.15) is 44.6 Å². The van der Waals surface area contributed by atoms with Gasteiger partial charge in [0, 0.05) is 68.7 Å². The number of carbonyl (C=O) groups is 7. The van der Waals surface area contributed by atoms with Gasteiger partial charge in [-0.1, -0.05) is 6.07 Å². The fourth-order valence-corrected chi connectivity index (χ4v) is 14.5. The first kappa shape index (κ1) is 117. The van der Waals surface area contributed by atoms with Gasteiger partial charge in [0.25, 0.3) is 0 Å². The van der Waals surface area contributed by atoms with E-state index in [4.69, 9.17) is 110 Å². The predicted octanol–water partition coefficient (Wildman–Crippen LogP) is -2.01. The van der Waals surface area contributed by atoms with Crippen LogP contribution in [0, 0.1) is 11.3 Å². The minimum absolute atomic E-state index is 0.0260. The molecule has 0 spiro atoms. The first-order chi connectivity index (χ1) is 67.9. The quantitative estimate of drug-likeness (QED) is 0.0126. The first-order valence-electron chi connectivity index (χ1n) is 45.1. The van der Waals surface area contributed by atoms with Gasteiger partial charge in [0.2, 0.25) is 23.6 Å². The number of fused-ring (bicyclic) bond motifs is 7. The van der Waals surface area contributed by atoms with Gasteiger partial charge >= 0.3 is 36.3 Å². The molecule has 0 unspecified atom stereocenters. The van der Waals surface area contributed by atoms with Gasteiger partial charge in [-0.3, -0.25) is 33.6 Å². The van der Waals surface area contributed by atoms with Crippen molar-refractivity contribution in [2.75, 3.05) is 250 Å². The van der Waals surface area contributed by atoms with E-state index in [1.807, 2.05) is 0 Å². The van der Waals surface area contributed by atoms with Crippen molar-refractivity contribution < 1.29 is 217 Å². The van der Waals surface area contributed by atoms with E-state index in [0.717, 1.165) is 12.1 Å². The average Bonchev–Trinajstić information content (AvgIpc) is 1.60. The third kappa shape index (κ3) is 37.2. The van der Waals surface area contributed by atoms with Gasteiger partial charge in [0.1, 0.15) is 88.5 Å². The zero-order valence-corrected chi connectivity index (χ0v) is 77.0. The van der Waals surface area contributed by atoms with Crippen molar-refractivity contribution >= 4 is 63.6 Å². The fraction of sp³-hybridized carbons (Fsp3) is 0.718. The van der Waals surface area contributed by atoms with Crippen LogP contribution in [0.5, 0.6) is 11.5 Å². The fourth-order valence-electron chi connectivity index (χ4n) is 14.5. The summed E-state index contributed by atoms with van der Waals surface area (Å²) in [5, 5.41) is 96.1. The summed E-state index contributed by atoms with van der Waals surface area (Å²) in [5.74, 6) is -9.88. The van der Waals surface area contributed by atoms with E-state index < -0.39 is 167 Å². The smallest absolute Gasteiger partial charge is 0.471 e. The number of anilines is 1. The highest BCUT2D eigenvalue weighted by atomic mass is 19.4. The van der Waals surface area contributed by atoms with E-state index in [2.05, 4.69) is 36.7 Å². The lowest BCUT2D eigenvalue weighted by Crippen LogP contribution is -2.67. The Morgan fingerprint density at radius 2 is 0.782 bits per heavy atom. The lowest BCUT2D eigenvalue weighted by Gasteiger charge is -2.42. The molecule has 7 amide bonds. The van der Waals surface area contributed by atoms with Crippen LogP contribution in [0.2, 0.25) is 0 Å². The van der Waals surface area contributed by atoms with Gasteiger partial charge in [-0.25, -0.2) is 14.9 Å². The molecule has 57 heteroatoms. The number of phenols is 1. The molecule has 6 saturated heterocycles. The largest absolute Gasteiger partial charge is 0.505 e. The highest BCUT2D eigenvalue weighted by Crippen LogP contribution is 2.41. The standard InChI is InChI=1S/C85H121F10N11O36/c86-55-41-53(4-8-59(55)107)100-42-58(106-96)57-6-3-52-40-54(5-7-56(52)101-57)136-15-1-2-63(111)105-79(43-130-16-9-60(108)97-12-19-121-22-25-124-28-31-127-34-37-133-46-80-49-137-73(140-80)64(67(112)70(80)115)102-76(118)83(87,88)89,44-131-17-10-61(109)98-13-20-122-23-26-125-29-32-128-35-38-134-47-81-50-138-74(141-81)65(68(113)71(81)116)103-77(119)84(90,91)92)45-132-18-11-62(110)99-14-21-123-24-27-126-30-33-129-36-39-135-48-82-51-139-75(142-82)66(69(114)72(82)117)104-78(120)85(93,94)95/h3-8,40-42,64-75,96,100,107,112-117H,1-2,9-39,43-51H2,(H,97,108)(H,98,109)(H,99,110)(H,102,118)(H,103,119)(H,104,120)(H,105,111)/b58-42-,106-96?/t64-,65-,66-,67-,68-,69-,70-,71-,72-,73+,74+,75+,80+,81+,82+/m1/s1. The molecule has 6 bridgehead atoms. The summed E-state index contributed by atoms with van der Waals surface area (Å²) in [5.41, 5.74) is 2.54. The summed E-state index contributed by atoms with van der Waals surface area (Å²) < 4.78 is 253. The number of nitrogens with one attached hydrogen (secondary N) is 9. The van der Waals surface area contributed by atoms with Gasteiger partial charge in [-0.05, 0) is 42.8 Å². The number of hydrogen-bond donors (Lipinski definition) is 16. The second-order valence-corrected chi connectivity index (χ2v) is 32.8. The van der Waals surface area contributed by atoms with Crippen molar-refractivity contribution in [1.29, 1.82) is 5.53 Å². The number of phenolic OH excluding ortho intramolecular Hbond substituents is 1. The Balaban J connectivity index is 0.701. The molecule has 7 heterocycles. The van der Waals surface area contributed by atoms with Crippen LogP contribution in [-0.4, -0.2) is 441 Å². The van der Waals surface area contributed by atoms with Crippen LogP contribution in [0.25, 0.3) is 16.6 Å². The van der Waals surface area contributed by atoms with Crippen molar-refractivity contribution in [3.8, 4) is 11.5 Å². The number of aliphatic hydroxyl groups is 6. The number of aliphatic hydroxyl groups excluding tert-OH is 6. The molecule has 2 aromatic carbocycles. The topological polar surface area (TPSA) is 610 Å². The number of aromatic nitrogens is 1. The molecule has 6 aliphatic rings. The van der Waals surface area contributed by atoms with Crippen molar-refractivity contribution in [1.82, 2.24) is 42.2 Å². The van der Waals surface area contributed by atoms with Crippen LogP contribution in [0.15, 0.2) is 59.8 Å². The monoisotopic (exact) mass is 2060 g/mol. The van der Waals surface area contributed by atoms with Crippen LogP contribution in [0.4, 0.5) is 49.6 Å². The number of rotatable bonds is 70. The van der Waals surface area contributed by atoms with Gasteiger partial charge < -0.3 is 182 Å². The van der Waals surface area contributed by atoms with Gasteiger partial charge in [-0.15, -0.1) is 0 Å². The van der Waals surface area contributed by atoms with Crippen molar-refractivity contribution in [3.05, 3.63) is 66.2 Å². The van der Waals surface area contributed by atoms with Crippen molar-refractivity contribution in [2.45, 2.75) is 147 Å².